The number of hydrogen-bond acceptors (Lipinski definition) is 22. The number of halogens is 6. The first-order chi connectivity index (χ1) is 47.7. The number of carbonyl (C=O) groups excluding carboxylic acids is 5. The van der Waals surface area contributed by atoms with Crippen LogP contribution in [-0.4, -0.2) is 97.9 Å². The maximum absolute atomic E-state index is 13.1. The van der Waals surface area contributed by atoms with Crippen LogP contribution in [0.2, 0.25) is 20.1 Å². The van der Waals surface area contributed by atoms with Crippen molar-refractivity contribution in [1.82, 2.24) is 84.5 Å². The molecule has 0 saturated carbocycles. The van der Waals surface area contributed by atoms with Gasteiger partial charge in [-0.25, -0.2) is 29.9 Å². The predicted octanol–water partition coefficient (Wildman–Crippen LogP) is 8.15. The maximum atomic E-state index is 13.1. The van der Waals surface area contributed by atoms with Gasteiger partial charge in [0.2, 0.25) is 0 Å². The van der Waals surface area contributed by atoms with E-state index in [9.17, 15) is 43.2 Å². The van der Waals surface area contributed by atoms with E-state index in [1.54, 1.807) is 155 Å². The number of aromatic nitrogens is 14. The van der Waals surface area contributed by atoms with Crippen molar-refractivity contribution < 1.29 is 24.0 Å². The summed E-state index contributed by atoms with van der Waals surface area (Å²) in [6, 6.07) is 31.6. The van der Waals surface area contributed by atoms with Gasteiger partial charge in [-0.2, -0.15) is 0 Å². The summed E-state index contributed by atoms with van der Waals surface area (Å²) < 4.78 is 4.54. The molecule has 508 valence electrons. The Labute approximate surface area is 601 Å². The molecule has 0 aliphatic carbocycles. The van der Waals surface area contributed by atoms with Crippen molar-refractivity contribution in [3.8, 4) is 0 Å². The van der Waals surface area contributed by atoms with Gasteiger partial charge in [0.1, 0.15) is 76.3 Å². The molecule has 0 bridgehead atoms. The molecule has 0 saturated heterocycles. The van der Waals surface area contributed by atoms with Gasteiger partial charge in [0, 0.05) is 50.3 Å². The maximum Gasteiger partial charge on any atom is 0.277 e. The Kier molecular flexibility index (Phi) is 23.0. The Morgan fingerprint density at radius 1 is 0.470 bits per heavy atom. The number of ketones is 1. The molecule has 3 aliphatic rings. The predicted molar refractivity (Wildman–Crippen MR) is 378 cm³/mol. The van der Waals surface area contributed by atoms with Crippen molar-refractivity contribution in [2.75, 3.05) is 16.4 Å². The van der Waals surface area contributed by atoms with Crippen molar-refractivity contribution >= 4 is 137 Å². The van der Waals surface area contributed by atoms with Crippen LogP contribution >= 0.6 is 78.3 Å². The second kappa shape index (κ2) is 31.5. The van der Waals surface area contributed by atoms with Gasteiger partial charge in [0.15, 0.2) is 22.8 Å². The highest BCUT2D eigenvalue weighted by Gasteiger charge is 2.47. The van der Waals surface area contributed by atoms with Gasteiger partial charge < -0.3 is 43.0 Å². The van der Waals surface area contributed by atoms with Crippen LogP contribution in [0.3, 0.4) is 0 Å². The van der Waals surface area contributed by atoms with Gasteiger partial charge in [-0.15, -0.1) is 0 Å². The van der Waals surface area contributed by atoms with Gasteiger partial charge in [-0.05, 0) is 144 Å². The highest BCUT2D eigenvalue weighted by Crippen LogP contribution is 2.35. The molecule has 0 aromatic carbocycles. The molecular formula is C64H51Br2Cl4N21O9. The molecule has 100 heavy (non-hydrogen) atoms. The number of primary amides is 1. The van der Waals surface area contributed by atoms with Gasteiger partial charge in [0.25, 0.3) is 45.9 Å². The number of hydrogen-bond donors (Lipinski definition) is 8. The molecule has 0 radical (unpaired) electrons. The van der Waals surface area contributed by atoms with Crippen LogP contribution < -0.4 is 60.3 Å². The zero-order valence-corrected chi connectivity index (χ0v) is 58.3. The minimum atomic E-state index is -1.15. The standard InChI is InChI=1S/2C17H13ClN6O2.C13H9BrClN3O2.C7H7NO.C6H4BrClN2O2.C4H5N3/c2*1-17(12-4-2-3-6-20-12)23-15(25)14-10(18)8-11(16(26)24(14)17)22-13-5-7-19-9-21-13;1-13(9-4-2-3-5-16-9)17-11(19)10-8(15)6-7(14)12(20)18(10)13;1-6(9)7-4-2-3-5-8-7;7-2-1-3(8)4(5(9)11)10-6(2)12;5-4-1-2-6-3-7-4/h2*2-9H,1H3,(H,23,25)(H,19,21,22);2-6H,1H3,(H,17,19);2-5H,1H3;1H,(H2,9,11)(H,10,12);1-3H,(H2,5,6,7). The Hall–Kier alpha value is -11.3. The fourth-order valence-electron chi connectivity index (χ4n) is 9.85. The summed E-state index contributed by atoms with van der Waals surface area (Å²) >= 11 is 30.4. The van der Waals surface area contributed by atoms with E-state index in [1.807, 2.05) is 0 Å². The lowest BCUT2D eigenvalue weighted by Gasteiger charge is -2.26. The summed E-state index contributed by atoms with van der Waals surface area (Å²) in [5, 5.41) is 14.9. The smallest absolute Gasteiger partial charge is 0.277 e. The van der Waals surface area contributed by atoms with Gasteiger partial charge in [-0.3, -0.25) is 76.8 Å². The zero-order chi connectivity index (χ0) is 72.2. The van der Waals surface area contributed by atoms with Crippen molar-refractivity contribution in [2.45, 2.75) is 44.7 Å². The SMILES string of the molecule is CC(=O)c1ccccn1.CC1(c2ccccn2)NC(=O)c2c(Cl)cc(Br)c(=O)n21.CC1(c2ccccn2)NC(=O)c2c(Cl)cc(Nc3ccncn3)c(=O)n21.CC1(c2ccccn2)NC(=O)c2c(Cl)cc(Nc3ccncn3)c(=O)n21.NC(=O)c1[nH]c(=O)c(Br)cc1Cl.Nc1ccncn1. The summed E-state index contributed by atoms with van der Waals surface area (Å²) in [6.07, 6.45) is 15.2. The molecule has 10 N–H and O–H groups in total. The van der Waals surface area contributed by atoms with Crippen molar-refractivity contribution in [2.24, 2.45) is 5.73 Å². The molecule has 14 rings (SSSR count). The second-order valence-electron chi connectivity index (χ2n) is 21.2. The number of carbonyl (C=O) groups is 5. The number of nitrogens with one attached hydrogen (secondary N) is 6. The van der Waals surface area contributed by atoms with Crippen LogP contribution in [0.25, 0.3) is 0 Å². The number of nitrogens with zero attached hydrogens (tertiary/aromatic N) is 13. The normalized spacial score (nSPS) is 16.2. The van der Waals surface area contributed by atoms with Gasteiger partial charge in [-0.1, -0.05) is 70.7 Å². The minimum absolute atomic E-state index is 0.00981. The molecule has 3 aliphatic heterocycles. The lowest BCUT2D eigenvalue weighted by molar-refractivity contribution is 0.0931. The molecule has 0 spiro atoms. The van der Waals surface area contributed by atoms with Crippen LogP contribution in [0.4, 0.5) is 28.8 Å². The number of rotatable bonds is 9. The molecule has 0 fully saturated rings. The lowest BCUT2D eigenvalue weighted by atomic mass is 10.1. The zero-order valence-electron chi connectivity index (χ0n) is 52.2. The molecule has 4 amide bonds. The second-order valence-corrected chi connectivity index (χ2v) is 24.6. The average Bonchev–Trinajstić information content (AvgIpc) is 1.58. The third-order valence-electron chi connectivity index (χ3n) is 14.5. The van der Waals surface area contributed by atoms with Crippen molar-refractivity contribution in [3.63, 3.8) is 0 Å². The Morgan fingerprint density at radius 3 is 1.17 bits per heavy atom. The summed E-state index contributed by atoms with van der Waals surface area (Å²) in [7, 11) is 0. The summed E-state index contributed by atoms with van der Waals surface area (Å²) in [4.78, 5) is 150. The molecule has 30 nitrogen and oxygen atoms in total. The largest absolute Gasteiger partial charge is 0.384 e. The Balaban J connectivity index is 0.000000148. The number of H-pyrrole nitrogens is 1. The number of nitrogen functional groups attached to an aromatic ring is 1. The monoisotopic (exact) mass is 1560 g/mol. The minimum Gasteiger partial charge on any atom is -0.384 e. The number of amides is 4. The van der Waals surface area contributed by atoms with E-state index in [0.29, 0.717) is 44.7 Å². The van der Waals surface area contributed by atoms with Crippen molar-refractivity contribution in [1.29, 1.82) is 0 Å². The highest BCUT2D eigenvalue weighted by molar-refractivity contribution is 9.10. The number of nitrogens with two attached hydrogens (primary N) is 2. The molecule has 36 heteroatoms. The Bertz CT molecular complexity index is 4970. The fraction of sp³-hybridized carbons (Fsp3) is 0.109. The highest BCUT2D eigenvalue weighted by atomic mass is 79.9. The van der Waals surface area contributed by atoms with E-state index < -0.39 is 57.3 Å². The van der Waals surface area contributed by atoms with E-state index in [1.165, 1.54) is 63.9 Å². The van der Waals surface area contributed by atoms with E-state index >= 15 is 0 Å². The lowest BCUT2D eigenvalue weighted by Crippen LogP contribution is -2.46. The molecule has 11 aromatic rings. The third kappa shape index (κ3) is 16.0. The first kappa shape index (κ1) is 73.0. The van der Waals surface area contributed by atoms with E-state index in [-0.39, 0.29) is 70.1 Å². The van der Waals surface area contributed by atoms with Crippen LogP contribution in [-0.2, 0) is 17.0 Å². The molecule has 3 atom stereocenters. The summed E-state index contributed by atoms with van der Waals surface area (Å²) in [5.74, 6) is -0.637. The van der Waals surface area contributed by atoms with E-state index in [2.05, 4.69) is 113 Å². The quantitative estimate of drug-likeness (QED) is 0.0632. The van der Waals surface area contributed by atoms with E-state index in [0.717, 1.165) is 0 Å². The van der Waals surface area contributed by atoms with Crippen LogP contribution in [0.5, 0.6) is 0 Å². The number of aromatic amines is 1. The van der Waals surface area contributed by atoms with Crippen LogP contribution in [0.1, 0.15) is 97.2 Å². The molecular weight excluding hydrogens is 1510 g/mol. The molecule has 14 heterocycles. The average molecular weight is 1560 g/mol. The van der Waals surface area contributed by atoms with Crippen molar-refractivity contribution in [3.05, 3.63) is 294 Å². The van der Waals surface area contributed by atoms with Crippen LogP contribution in [0.15, 0.2) is 206 Å². The number of fused-ring (bicyclic) bond motifs is 3. The number of anilines is 5. The molecule has 3 unspecified atom stereocenters. The third-order valence-corrected chi connectivity index (χ3v) is 16.8. The fourth-order valence-corrected chi connectivity index (χ4v) is 11.9. The summed E-state index contributed by atoms with van der Waals surface area (Å²) in [6.45, 7) is 6.63. The number of pyridine rings is 8. The van der Waals surface area contributed by atoms with E-state index in [4.69, 9.17) is 57.9 Å². The van der Waals surface area contributed by atoms with Crippen LogP contribution in [0, 0.1) is 0 Å². The first-order valence-corrected chi connectivity index (χ1v) is 31.9. The van der Waals surface area contributed by atoms with Gasteiger partial charge >= 0.3 is 0 Å². The summed E-state index contributed by atoms with van der Waals surface area (Å²) in [5.41, 5.74) is 7.91. The number of Topliss-reactive ketones (excluding diaryl/α,β-unsaturated/α-hetero) is 1. The Morgan fingerprint density at radius 2 is 0.850 bits per heavy atom. The van der Waals surface area contributed by atoms with Gasteiger partial charge in [0.05, 0.1) is 46.1 Å². The first-order valence-electron chi connectivity index (χ1n) is 28.8. The topological polar surface area (TPSA) is 425 Å². The molecule has 11 aromatic heterocycles.